The average molecular weight is 495 g/mol. The van der Waals surface area contributed by atoms with Crippen LogP contribution in [0.4, 0.5) is 0 Å². The SMILES string of the molecule is COc1ccc(C(=O)N2CCN(C(=O)COc3ccc(-c4ccccc4)cc3Cl)CC2)cc1OC. The number of rotatable bonds is 7. The molecule has 1 aliphatic rings. The van der Waals surface area contributed by atoms with E-state index in [1.165, 1.54) is 7.11 Å². The number of methoxy groups -OCH3 is 2. The van der Waals surface area contributed by atoms with Gasteiger partial charge < -0.3 is 24.0 Å². The zero-order valence-corrected chi connectivity index (χ0v) is 20.5. The van der Waals surface area contributed by atoms with Crippen molar-refractivity contribution in [3.8, 4) is 28.4 Å². The third-order valence-corrected chi connectivity index (χ3v) is 6.24. The first-order valence-corrected chi connectivity index (χ1v) is 11.6. The van der Waals surface area contributed by atoms with E-state index in [4.69, 9.17) is 25.8 Å². The quantitative estimate of drug-likeness (QED) is 0.487. The summed E-state index contributed by atoms with van der Waals surface area (Å²) in [4.78, 5) is 29.0. The highest BCUT2D eigenvalue weighted by Crippen LogP contribution is 2.31. The molecule has 0 N–H and O–H groups in total. The molecule has 3 aromatic carbocycles. The summed E-state index contributed by atoms with van der Waals surface area (Å²) in [6, 6.07) is 20.5. The molecular weight excluding hydrogens is 468 g/mol. The Hall–Kier alpha value is -3.71. The van der Waals surface area contributed by atoms with Crippen molar-refractivity contribution in [3.63, 3.8) is 0 Å². The Bertz CT molecular complexity index is 1190. The van der Waals surface area contributed by atoms with Crippen LogP contribution in [0.2, 0.25) is 5.02 Å². The van der Waals surface area contributed by atoms with E-state index in [0.29, 0.717) is 54.0 Å². The van der Waals surface area contributed by atoms with Crippen molar-refractivity contribution in [1.82, 2.24) is 9.80 Å². The van der Waals surface area contributed by atoms with Gasteiger partial charge in [0.05, 0.1) is 19.2 Å². The molecule has 1 fully saturated rings. The zero-order chi connectivity index (χ0) is 24.8. The molecular formula is C27H27ClN2O5. The van der Waals surface area contributed by atoms with Gasteiger partial charge in [-0.15, -0.1) is 0 Å². The summed E-state index contributed by atoms with van der Waals surface area (Å²) in [7, 11) is 3.08. The van der Waals surface area contributed by atoms with Crippen molar-refractivity contribution >= 4 is 23.4 Å². The fraction of sp³-hybridized carbons (Fsp3) is 0.259. The summed E-state index contributed by atoms with van der Waals surface area (Å²) in [5, 5.41) is 0.449. The first-order valence-electron chi connectivity index (χ1n) is 11.3. The van der Waals surface area contributed by atoms with Gasteiger partial charge in [-0.2, -0.15) is 0 Å². The number of piperazine rings is 1. The van der Waals surface area contributed by atoms with Gasteiger partial charge >= 0.3 is 0 Å². The van der Waals surface area contributed by atoms with E-state index in [-0.39, 0.29) is 18.4 Å². The maximum atomic E-state index is 12.9. The molecule has 0 atom stereocenters. The Kier molecular flexibility index (Phi) is 7.77. The molecule has 3 aromatic rings. The fourth-order valence-electron chi connectivity index (χ4n) is 3.97. The Morgan fingerprint density at radius 3 is 2.09 bits per heavy atom. The van der Waals surface area contributed by atoms with Crippen LogP contribution >= 0.6 is 11.6 Å². The highest BCUT2D eigenvalue weighted by Gasteiger charge is 2.26. The van der Waals surface area contributed by atoms with E-state index in [9.17, 15) is 9.59 Å². The van der Waals surface area contributed by atoms with E-state index in [1.807, 2.05) is 42.5 Å². The number of hydrogen-bond acceptors (Lipinski definition) is 5. The van der Waals surface area contributed by atoms with E-state index in [1.54, 1.807) is 41.2 Å². The Morgan fingerprint density at radius 1 is 0.771 bits per heavy atom. The van der Waals surface area contributed by atoms with Crippen LogP contribution in [-0.4, -0.2) is 68.6 Å². The molecule has 1 aliphatic heterocycles. The average Bonchev–Trinajstić information content (AvgIpc) is 2.92. The van der Waals surface area contributed by atoms with Crippen LogP contribution in [0.3, 0.4) is 0 Å². The van der Waals surface area contributed by atoms with E-state index in [2.05, 4.69) is 0 Å². The molecule has 0 spiro atoms. The lowest BCUT2D eigenvalue weighted by molar-refractivity contribution is -0.134. The lowest BCUT2D eigenvalue weighted by atomic mass is 10.1. The number of benzene rings is 3. The molecule has 1 saturated heterocycles. The summed E-state index contributed by atoms with van der Waals surface area (Å²) >= 11 is 6.39. The fourth-order valence-corrected chi connectivity index (χ4v) is 4.20. The largest absolute Gasteiger partial charge is 0.493 e. The van der Waals surface area contributed by atoms with E-state index in [0.717, 1.165) is 11.1 Å². The maximum absolute atomic E-state index is 12.9. The molecule has 182 valence electrons. The predicted octanol–water partition coefficient (Wildman–Crippen LogP) is 4.39. The number of nitrogens with zero attached hydrogens (tertiary/aromatic N) is 2. The number of amides is 2. The lowest BCUT2D eigenvalue weighted by Crippen LogP contribution is -2.51. The van der Waals surface area contributed by atoms with Crippen LogP contribution in [0.5, 0.6) is 17.2 Å². The van der Waals surface area contributed by atoms with Gasteiger partial charge in [0.15, 0.2) is 18.1 Å². The second-order valence-corrected chi connectivity index (χ2v) is 8.45. The third kappa shape index (κ3) is 5.69. The minimum Gasteiger partial charge on any atom is -0.493 e. The van der Waals surface area contributed by atoms with E-state index >= 15 is 0 Å². The van der Waals surface area contributed by atoms with Gasteiger partial charge in [-0.05, 0) is 41.5 Å². The molecule has 0 unspecified atom stereocenters. The van der Waals surface area contributed by atoms with E-state index < -0.39 is 0 Å². The van der Waals surface area contributed by atoms with Crippen molar-refractivity contribution in [1.29, 1.82) is 0 Å². The first kappa shape index (κ1) is 24.4. The van der Waals surface area contributed by atoms with Gasteiger partial charge in [-0.25, -0.2) is 0 Å². The Morgan fingerprint density at radius 2 is 1.43 bits per heavy atom. The normalized spacial score (nSPS) is 13.3. The monoisotopic (exact) mass is 494 g/mol. The summed E-state index contributed by atoms with van der Waals surface area (Å²) in [5.74, 6) is 1.27. The van der Waals surface area contributed by atoms with Gasteiger partial charge in [0, 0.05) is 31.7 Å². The summed E-state index contributed by atoms with van der Waals surface area (Å²) in [6.45, 7) is 1.62. The molecule has 8 heteroatoms. The topological polar surface area (TPSA) is 68.3 Å². The number of carbonyl (C=O) groups excluding carboxylic acids is 2. The molecule has 0 saturated carbocycles. The highest BCUT2D eigenvalue weighted by molar-refractivity contribution is 6.32. The molecule has 2 amide bonds. The van der Waals surface area contributed by atoms with Crippen LogP contribution < -0.4 is 14.2 Å². The molecule has 35 heavy (non-hydrogen) atoms. The van der Waals surface area contributed by atoms with Gasteiger partial charge in [-0.3, -0.25) is 9.59 Å². The molecule has 1 heterocycles. The Balaban J connectivity index is 1.30. The van der Waals surface area contributed by atoms with Crippen molar-refractivity contribution in [3.05, 3.63) is 77.3 Å². The van der Waals surface area contributed by atoms with Crippen LogP contribution in [0.1, 0.15) is 10.4 Å². The molecule has 0 radical (unpaired) electrons. The number of halogens is 1. The smallest absolute Gasteiger partial charge is 0.260 e. The molecule has 0 aliphatic carbocycles. The maximum Gasteiger partial charge on any atom is 0.260 e. The van der Waals surface area contributed by atoms with Gasteiger partial charge in [-0.1, -0.05) is 48.0 Å². The standard InChI is InChI=1S/C27H27ClN2O5/c1-33-24-11-9-21(17-25(24)34-2)27(32)30-14-12-29(13-15-30)26(31)18-35-23-10-8-20(16-22(23)28)19-6-4-3-5-7-19/h3-11,16-17H,12-15,18H2,1-2H3. The summed E-state index contributed by atoms with van der Waals surface area (Å²) in [6.07, 6.45) is 0. The highest BCUT2D eigenvalue weighted by atomic mass is 35.5. The van der Waals surface area contributed by atoms with Crippen LogP contribution in [-0.2, 0) is 4.79 Å². The van der Waals surface area contributed by atoms with Gasteiger partial charge in [0.1, 0.15) is 5.75 Å². The zero-order valence-electron chi connectivity index (χ0n) is 19.7. The third-order valence-electron chi connectivity index (χ3n) is 5.94. The molecule has 4 rings (SSSR count). The minimum absolute atomic E-state index is 0.111. The van der Waals surface area contributed by atoms with Gasteiger partial charge in [0.25, 0.3) is 11.8 Å². The van der Waals surface area contributed by atoms with Gasteiger partial charge in [0.2, 0.25) is 0 Å². The molecule has 0 bridgehead atoms. The summed E-state index contributed by atoms with van der Waals surface area (Å²) < 4.78 is 16.2. The minimum atomic E-state index is -0.147. The van der Waals surface area contributed by atoms with Crippen molar-refractivity contribution in [2.45, 2.75) is 0 Å². The second-order valence-electron chi connectivity index (χ2n) is 8.04. The molecule has 0 aromatic heterocycles. The van der Waals surface area contributed by atoms with Crippen LogP contribution in [0.25, 0.3) is 11.1 Å². The van der Waals surface area contributed by atoms with Crippen molar-refractivity contribution in [2.75, 3.05) is 47.0 Å². The predicted molar refractivity (Wildman–Crippen MR) is 134 cm³/mol. The lowest BCUT2D eigenvalue weighted by Gasteiger charge is -2.34. The number of carbonyl (C=O) groups is 2. The number of ether oxygens (including phenoxy) is 3. The molecule has 7 nitrogen and oxygen atoms in total. The van der Waals surface area contributed by atoms with Crippen LogP contribution in [0.15, 0.2) is 66.7 Å². The van der Waals surface area contributed by atoms with Crippen LogP contribution in [0, 0.1) is 0 Å². The number of hydrogen-bond donors (Lipinski definition) is 0. The van der Waals surface area contributed by atoms with Crippen molar-refractivity contribution in [2.24, 2.45) is 0 Å². The second kappa shape index (κ2) is 11.1. The summed E-state index contributed by atoms with van der Waals surface area (Å²) in [5.41, 5.74) is 2.54. The first-order chi connectivity index (χ1) is 17.0. The Labute approximate surface area is 209 Å². The van der Waals surface area contributed by atoms with Crippen molar-refractivity contribution < 1.29 is 23.8 Å².